The number of hydrogen-bond acceptors (Lipinski definition) is 5. The Kier molecular flexibility index (Phi) is 5.55. The van der Waals surface area contributed by atoms with Crippen molar-refractivity contribution in [3.8, 4) is 0 Å². The molecule has 1 N–H and O–H groups in total. The Morgan fingerprint density at radius 2 is 1.97 bits per heavy atom. The Balaban J connectivity index is 1.49. The summed E-state index contributed by atoms with van der Waals surface area (Å²) in [5.41, 5.74) is 0.981. The number of nitrogens with zero attached hydrogens (tertiary/aromatic N) is 3. The number of halogens is 2. The summed E-state index contributed by atoms with van der Waals surface area (Å²) in [5.74, 6) is -0.930. The van der Waals surface area contributed by atoms with Gasteiger partial charge < -0.3 is 10.2 Å². The van der Waals surface area contributed by atoms with Crippen LogP contribution in [0.15, 0.2) is 48.5 Å². The maximum absolute atomic E-state index is 13.0. The van der Waals surface area contributed by atoms with Crippen molar-refractivity contribution in [2.24, 2.45) is 0 Å². The Hall–Kier alpha value is -2.84. The molecule has 4 rings (SSSR count). The fourth-order valence-electron chi connectivity index (χ4n) is 3.23. The van der Waals surface area contributed by atoms with Crippen molar-refractivity contribution in [3.63, 3.8) is 0 Å². The number of carbonyl (C=O) groups is 2. The Morgan fingerprint density at radius 3 is 2.72 bits per heavy atom. The number of amides is 2. The lowest BCUT2D eigenvalue weighted by molar-refractivity contribution is 0.0735. The fourth-order valence-corrected chi connectivity index (χ4v) is 4.31. The monoisotopic (exact) mass is 430 g/mol. The van der Waals surface area contributed by atoms with Gasteiger partial charge in [-0.25, -0.2) is 4.39 Å². The second-order valence-electron chi connectivity index (χ2n) is 6.57. The lowest BCUT2D eigenvalue weighted by atomic mass is 10.1. The van der Waals surface area contributed by atoms with Gasteiger partial charge in [0.15, 0.2) is 0 Å². The number of likely N-dealkylation sites (tertiary alicyclic amines) is 1. The minimum Gasteiger partial charge on any atom is -0.329 e. The van der Waals surface area contributed by atoms with E-state index in [1.54, 1.807) is 29.2 Å². The Morgan fingerprint density at radius 1 is 1.17 bits per heavy atom. The molecule has 0 bridgehead atoms. The van der Waals surface area contributed by atoms with Crippen LogP contribution in [-0.4, -0.2) is 33.5 Å². The van der Waals surface area contributed by atoms with Gasteiger partial charge in [-0.1, -0.05) is 29.0 Å². The molecule has 3 aromatic rings. The topological polar surface area (TPSA) is 75.2 Å². The average Bonchev–Trinajstić information content (AvgIpc) is 3.38. The molecule has 0 spiro atoms. The van der Waals surface area contributed by atoms with Crippen molar-refractivity contribution in [3.05, 3.63) is 74.9 Å². The minimum atomic E-state index is -0.425. The molecule has 0 saturated carbocycles. The van der Waals surface area contributed by atoms with Gasteiger partial charge in [-0.05, 0) is 55.3 Å². The summed E-state index contributed by atoms with van der Waals surface area (Å²) < 4.78 is 13.0. The van der Waals surface area contributed by atoms with Crippen molar-refractivity contribution in [2.45, 2.75) is 18.9 Å². The van der Waals surface area contributed by atoms with E-state index in [9.17, 15) is 14.0 Å². The standard InChI is InChI=1S/C20H16ClFN4O2S/c21-13-4-1-3-12(11-13)20(28)26-10-2-5-16(26)18-24-25-19(29-18)17(27)23-15-8-6-14(22)7-9-15/h1,3-4,6-9,11,16H,2,5,10H2,(H,23,27)/t16-/m1/s1. The van der Waals surface area contributed by atoms with Crippen molar-refractivity contribution in [1.29, 1.82) is 0 Å². The molecule has 1 fully saturated rings. The molecule has 1 saturated heterocycles. The van der Waals surface area contributed by atoms with Gasteiger partial charge in [-0.15, -0.1) is 10.2 Å². The largest absolute Gasteiger partial charge is 0.329 e. The maximum Gasteiger partial charge on any atom is 0.286 e. The summed E-state index contributed by atoms with van der Waals surface area (Å²) in [6.07, 6.45) is 1.59. The third-order valence-electron chi connectivity index (χ3n) is 4.61. The van der Waals surface area contributed by atoms with Crippen molar-refractivity contribution >= 4 is 40.4 Å². The summed E-state index contributed by atoms with van der Waals surface area (Å²) in [4.78, 5) is 27.1. The Bertz CT molecular complexity index is 1060. The average molecular weight is 431 g/mol. The number of hydrogen-bond donors (Lipinski definition) is 1. The summed E-state index contributed by atoms with van der Waals surface area (Å²) in [6.45, 7) is 0.604. The van der Waals surface area contributed by atoms with Gasteiger partial charge in [0.2, 0.25) is 5.01 Å². The van der Waals surface area contributed by atoms with Gasteiger partial charge in [0.05, 0.1) is 6.04 Å². The number of benzene rings is 2. The Labute approximate surface area is 175 Å². The molecular formula is C20H16ClFN4O2S. The lowest BCUT2D eigenvalue weighted by Gasteiger charge is -2.22. The van der Waals surface area contributed by atoms with Gasteiger partial charge in [-0.3, -0.25) is 9.59 Å². The van der Waals surface area contributed by atoms with Crippen LogP contribution < -0.4 is 5.32 Å². The van der Waals surface area contributed by atoms with Crippen LogP contribution in [0.2, 0.25) is 5.02 Å². The molecule has 2 aromatic carbocycles. The molecule has 0 aliphatic carbocycles. The van der Waals surface area contributed by atoms with E-state index in [1.807, 2.05) is 0 Å². The minimum absolute atomic E-state index is 0.123. The number of rotatable bonds is 4. The van der Waals surface area contributed by atoms with E-state index >= 15 is 0 Å². The maximum atomic E-state index is 13.0. The lowest BCUT2D eigenvalue weighted by Crippen LogP contribution is -2.30. The van der Waals surface area contributed by atoms with Crippen LogP contribution in [0, 0.1) is 5.82 Å². The fraction of sp³-hybridized carbons (Fsp3) is 0.200. The molecule has 0 unspecified atom stereocenters. The summed E-state index contributed by atoms with van der Waals surface area (Å²) in [5, 5.41) is 12.1. The van der Waals surface area contributed by atoms with Crippen LogP contribution >= 0.6 is 22.9 Å². The third kappa shape index (κ3) is 4.28. The SMILES string of the molecule is O=C(Nc1ccc(F)cc1)c1nnc([C@H]2CCCN2C(=O)c2cccc(Cl)c2)s1. The highest BCUT2D eigenvalue weighted by Crippen LogP contribution is 2.35. The molecule has 1 atom stereocenters. The second-order valence-corrected chi connectivity index (χ2v) is 8.02. The van der Waals surface area contributed by atoms with E-state index in [0.29, 0.717) is 27.8 Å². The summed E-state index contributed by atoms with van der Waals surface area (Å²) >= 11 is 7.16. The first kappa shape index (κ1) is 19.5. The molecule has 6 nitrogen and oxygen atoms in total. The van der Waals surface area contributed by atoms with Gasteiger partial charge in [-0.2, -0.15) is 0 Å². The van der Waals surface area contributed by atoms with Crippen molar-refractivity contribution < 1.29 is 14.0 Å². The van der Waals surface area contributed by atoms with E-state index in [1.165, 1.54) is 24.3 Å². The number of nitrogens with one attached hydrogen (secondary N) is 1. The highest BCUT2D eigenvalue weighted by Gasteiger charge is 2.33. The zero-order valence-electron chi connectivity index (χ0n) is 15.1. The summed E-state index contributed by atoms with van der Waals surface area (Å²) in [6, 6.07) is 12.1. The molecule has 29 heavy (non-hydrogen) atoms. The quantitative estimate of drug-likeness (QED) is 0.658. The van der Waals surface area contributed by atoms with Gasteiger partial charge >= 0.3 is 0 Å². The molecular weight excluding hydrogens is 415 g/mol. The van der Waals surface area contributed by atoms with Crippen LogP contribution in [0.25, 0.3) is 0 Å². The molecule has 1 aliphatic rings. The smallest absolute Gasteiger partial charge is 0.286 e. The first-order valence-corrected chi connectivity index (χ1v) is 10.2. The first-order valence-electron chi connectivity index (χ1n) is 8.98. The zero-order chi connectivity index (χ0) is 20.4. The third-order valence-corrected chi connectivity index (χ3v) is 5.87. The predicted molar refractivity (Wildman–Crippen MR) is 109 cm³/mol. The van der Waals surface area contributed by atoms with E-state index in [0.717, 1.165) is 24.2 Å². The van der Waals surface area contributed by atoms with Crippen LogP contribution in [-0.2, 0) is 0 Å². The number of anilines is 1. The second kappa shape index (κ2) is 8.26. The molecule has 0 radical (unpaired) electrons. The predicted octanol–water partition coefficient (Wildman–Crippen LogP) is 4.56. The van der Waals surface area contributed by atoms with E-state index in [2.05, 4.69) is 15.5 Å². The van der Waals surface area contributed by atoms with Crippen LogP contribution in [0.4, 0.5) is 10.1 Å². The first-order chi connectivity index (χ1) is 14.0. The van der Waals surface area contributed by atoms with E-state index in [-0.39, 0.29) is 22.8 Å². The highest BCUT2D eigenvalue weighted by molar-refractivity contribution is 7.13. The number of aromatic nitrogens is 2. The van der Waals surface area contributed by atoms with Crippen molar-refractivity contribution in [2.75, 3.05) is 11.9 Å². The van der Waals surface area contributed by atoms with Crippen LogP contribution in [0.3, 0.4) is 0 Å². The van der Waals surface area contributed by atoms with Gasteiger partial charge in [0.1, 0.15) is 10.8 Å². The zero-order valence-corrected chi connectivity index (χ0v) is 16.7. The molecule has 148 valence electrons. The van der Waals surface area contributed by atoms with Crippen LogP contribution in [0.1, 0.15) is 44.1 Å². The van der Waals surface area contributed by atoms with Crippen molar-refractivity contribution in [1.82, 2.24) is 15.1 Å². The van der Waals surface area contributed by atoms with E-state index in [4.69, 9.17) is 11.6 Å². The van der Waals surface area contributed by atoms with E-state index < -0.39 is 5.91 Å². The van der Waals surface area contributed by atoms with Gasteiger partial charge in [0, 0.05) is 22.8 Å². The summed E-state index contributed by atoms with van der Waals surface area (Å²) in [7, 11) is 0. The molecule has 1 aromatic heterocycles. The van der Waals surface area contributed by atoms with Gasteiger partial charge in [0.25, 0.3) is 11.8 Å². The normalized spacial score (nSPS) is 16.1. The number of carbonyl (C=O) groups excluding carboxylic acids is 2. The van der Waals surface area contributed by atoms with Crippen LogP contribution in [0.5, 0.6) is 0 Å². The highest BCUT2D eigenvalue weighted by atomic mass is 35.5. The molecule has 2 heterocycles. The molecule has 9 heteroatoms. The molecule has 1 aliphatic heterocycles. The molecule has 2 amide bonds.